The number of rotatable bonds is 2. The summed E-state index contributed by atoms with van der Waals surface area (Å²) in [7, 11) is 1.83. The molecule has 2 aromatic rings. The average molecular weight is 382 g/mol. The molecule has 1 aromatic carbocycles. The SMILES string of the molecule is Cc1nn(C)cc1C(=O)N1CCCC2(CC1)CN(c1ccccc1)C(=O)CO2. The summed E-state index contributed by atoms with van der Waals surface area (Å²) in [5, 5.41) is 4.29. The third kappa shape index (κ3) is 3.54. The summed E-state index contributed by atoms with van der Waals surface area (Å²) >= 11 is 0. The summed E-state index contributed by atoms with van der Waals surface area (Å²) < 4.78 is 7.74. The summed E-state index contributed by atoms with van der Waals surface area (Å²) in [6.45, 7) is 3.79. The van der Waals surface area contributed by atoms with E-state index < -0.39 is 5.60 Å². The molecule has 7 heteroatoms. The van der Waals surface area contributed by atoms with Gasteiger partial charge in [0.05, 0.1) is 23.4 Å². The average Bonchev–Trinajstić information content (AvgIpc) is 2.91. The molecule has 4 rings (SSSR count). The van der Waals surface area contributed by atoms with Gasteiger partial charge >= 0.3 is 0 Å². The van der Waals surface area contributed by atoms with Crippen molar-refractivity contribution in [3.05, 3.63) is 47.8 Å². The van der Waals surface area contributed by atoms with Gasteiger partial charge in [0.25, 0.3) is 11.8 Å². The lowest BCUT2D eigenvalue weighted by Gasteiger charge is -2.42. The summed E-state index contributed by atoms with van der Waals surface area (Å²) in [5.74, 6) is 0.00874. The molecular weight excluding hydrogens is 356 g/mol. The van der Waals surface area contributed by atoms with Crippen LogP contribution in [-0.2, 0) is 16.6 Å². The predicted molar refractivity (Wildman–Crippen MR) is 105 cm³/mol. The van der Waals surface area contributed by atoms with Crippen LogP contribution in [0.15, 0.2) is 36.5 Å². The van der Waals surface area contributed by atoms with Gasteiger partial charge < -0.3 is 14.5 Å². The van der Waals surface area contributed by atoms with Crippen LogP contribution in [0.25, 0.3) is 0 Å². The number of hydrogen-bond donors (Lipinski definition) is 0. The van der Waals surface area contributed by atoms with Crippen molar-refractivity contribution in [1.82, 2.24) is 14.7 Å². The Kier molecular flexibility index (Phi) is 4.93. The minimum absolute atomic E-state index is 0.0139. The Labute approximate surface area is 164 Å². The Morgan fingerprint density at radius 2 is 1.96 bits per heavy atom. The standard InChI is InChI=1S/C21H26N4O3/c1-16-18(13-23(2)22-16)20(27)24-11-6-9-21(10-12-24)15-25(19(26)14-28-21)17-7-4-3-5-8-17/h3-5,7-8,13H,6,9-12,14-15H2,1-2H3. The number of para-hydroxylation sites is 1. The number of benzene rings is 1. The van der Waals surface area contributed by atoms with Gasteiger partial charge in [0.15, 0.2) is 0 Å². The third-order valence-corrected chi connectivity index (χ3v) is 5.75. The van der Waals surface area contributed by atoms with E-state index in [1.54, 1.807) is 10.9 Å². The van der Waals surface area contributed by atoms with Gasteiger partial charge in [-0.15, -0.1) is 0 Å². The van der Waals surface area contributed by atoms with E-state index in [9.17, 15) is 9.59 Å². The second kappa shape index (κ2) is 7.39. The van der Waals surface area contributed by atoms with Gasteiger partial charge in [0.1, 0.15) is 6.61 Å². The topological polar surface area (TPSA) is 67.7 Å². The van der Waals surface area contributed by atoms with Gasteiger partial charge in [0, 0.05) is 32.0 Å². The molecule has 0 bridgehead atoms. The lowest BCUT2D eigenvalue weighted by molar-refractivity contribution is -0.140. The predicted octanol–water partition coefficient (Wildman–Crippen LogP) is 2.16. The van der Waals surface area contributed by atoms with E-state index >= 15 is 0 Å². The number of likely N-dealkylation sites (tertiary alicyclic amines) is 1. The molecule has 2 fully saturated rings. The van der Waals surface area contributed by atoms with Gasteiger partial charge in [-0.3, -0.25) is 14.3 Å². The molecule has 148 valence electrons. The van der Waals surface area contributed by atoms with Crippen molar-refractivity contribution < 1.29 is 14.3 Å². The van der Waals surface area contributed by atoms with Crippen LogP contribution in [0.1, 0.15) is 35.3 Å². The number of carbonyl (C=O) groups is 2. The quantitative estimate of drug-likeness (QED) is 0.798. The van der Waals surface area contributed by atoms with E-state index in [-0.39, 0.29) is 18.4 Å². The number of anilines is 1. The third-order valence-electron chi connectivity index (χ3n) is 5.75. The van der Waals surface area contributed by atoms with Crippen molar-refractivity contribution in [1.29, 1.82) is 0 Å². The maximum atomic E-state index is 13.0. The maximum absolute atomic E-state index is 13.0. The number of morpholine rings is 1. The lowest BCUT2D eigenvalue weighted by Crippen LogP contribution is -2.55. The molecule has 2 aliphatic heterocycles. The monoisotopic (exact) mass is 382 g/mol. The van der Waals surface area contributed by atoms with E-state index in [0.29, 0.717) is 31.6 Å². The molecule has 1 aromatic heterocycles. The van der Waals surface area contributed by atoms with Crippen molar-refractivity contribution >= 4 is 17.5 Å². The Morgan fingerprint density at radius 1 is 1.18 bits per heavy atom. The first-order chi connectivity index (χ1) is 13.5. The highest BCUT2D eigenvalue weighted by atomic mass is 16.5. The van der Waals surface area contributed by atoms with Gasteiger partial charge in [-0.2, -0.15) is 5.10 Å². The van der Waals surface area contributed by atoms with Gasteiger partial charge in [0.2, 0.25) is 0 Å². The van der Waals surface area contributed by atoms with Crippen molar-refractivity contribution in [2.45, 2.75) is 31.8 Å². The molecule has 2 saturated heterocycles. The summed E-state index contributed by atoms with van der Waals surface area (Å²) in [6.07, 6.45) is 4.18. The molecule has 0 radical (unpaired) electrons. The largest absolute Gasteiger partial charge is 0.363 e. The zero-order chi connectivity index (χ0) is 19.7. The highest BCUT2D eigenvalue weighted by Crippen LogP contribution is 2.33. The van der Waals surface area contributed by atoms with Crippen LogP contribution in [0.4, 0.5) is 5.69 Å². The van der Waals surface area contributed by atoms with E-state index in [4.69, 9.17) is 4.74 Å². The normalized spacial score (nSPS) is 23.1. The van der Waals surface area contributed by atoms with E-state index in [0.717, 1.165) is 24.2 Å². The van der Waals surface area contributed by atoms with Crippen molar-refractivity contribution in [3.8, 4) is 0 Å². The molecule has 1 unspecified atom stereocenters. The molecule has 7 nitrogen and oxygen atoms in total. The van der Waals surface area contributed by atoms with Crippen LogP contribution in [0, 0.1) is 6.92 Å². The smallest absolute Gasteiger partial charge is 0.257 e. The van der Waals surface area contributed by atoms with Crippen LogP contribution in [-0.4, -0.2) is 58.3 Å². The first-order valence-electron chi connectivity index (χ1n) is 9.76. The fourth-order valence-electron chi connectivity index (χ4n) is 4.21. The van der Waals surface area contributed by atoms with Gasteiger partial charge in [-0.25, -0.2) is 0 Å². The van der Waals surface area contributed by atoms with Crippen LogP contribution in [0.5, 0.6) is 0 Å². The molecule has 1 atom stereocenters. The van der Waals surface area contributed by atoms with E-state index in [1.807, 2.05) is 54.1 Å². The van der Waals surface area contributed by atoms with Crippen LogP contribution in [0.3, 0.4) is 0 Å². The highest BCUT2D eigenvalue weighted by Gasteiger charge is 2.42. The molecule has 3 heterocycles. The molecule has 1 spiro atoms. The number of carbonyl (C=O) groups excluding carboxylic acids is 2. The van der Waals surface area contributed by atoms with Crippen molar-refractivity contribution in [2.24, 2.45) is 7.05 Å². The number of hydrogen-bond acceptors (Lipinski definition) is 4. The first-order valence-corrected chi connectivity index (χ1v) is 9.76. The molecular formula is C21H26N4O3. The van der Waals surface area contributed by atoms with Gasteiger partial charge in [-0.1, -0.05) is 18.2 Å². The maximum Gasteiger partial charge on any atom is 0.257 e. The minimum atomic E-state index is -0.400. The minimum Gasteiger partial charge on any atom is -0.363 e. The van der Waals surface area contributed by atoms with E-state index in [2.05, 4.69) is 5.10 Å². The zero-order valence-corrected chi connectivity index (χ0v) is 16.4. The first kappa shape index (κ1) is 18.7. The number of nitrogens with zero attached hydrogens (tertiary/aromatic N) is 4. The molecule has 0 N–H and O–H groups in total. The second-order valence-corrected chi connectivity index (χ2v) is 7.73. The fraction of sp³-hybridized carbons (Fsp3) is 0.476. The summed E-state index contributed by atoms with van der Waals surface area (Å²) in [6, 6.07) is 9.73. The fourth-order valence-corrected chi connectivity index (χ4v) is 4.21. The molecule has 0 saturated carbocycles. The Hall–Kier alpha value is -2.67. The van der Waals surface area contributed by atoms with Crippen LogP contribution in [0.2, 0.25) is 0 Å². The number of ether oxygens (including phenoxy) is 1. The molecule has 0 aliphatic carbocycles. The van der Waals surface area contributed by atoms with Crippen LogP contribution < -0.4 is 4.90 Å². The zero-order valence-electron chi connectivity index (χ0n) is 16.4. The Morgan fingerprint density at radius 3 is 2.68 bits per heavy atom. The number of aryl methyl sites for hydroxylation is 2. The summed E-state index contributed by atoms with van der Waals surface area (Å²) in [5.41, 5.74) is 1.91. The number of amides is 2. The van der Waals surface area contributed by atoms with Gasteiger partial charge in [-0.05, 0) is 38.3 Å². The Bertz CT molecular complexity index is 879. The van der Waals surface area contributed by atoms with Crippen LogP contribution >= 0.6 is 0 Å². The molecule has 28 heavy (non-hydrogen) atoms. The summed E-state index contributed by atoms with van der Waals surface area (Å²) in [4.78, 5) is 29.1. The van der Waals surface area contributed by atoms with Crippen molar-refractivity contribution in [3.63, 3.8) is 0 Å². The van der Waals surface area contributed by atoms with Crippen molar-refractivity contribution in [2.75, 3.05) is 31.1 Å². The lowest BCUT2D eigenvalue weighted by atomic mass is 9.92. The second-order valence-electron chi connectivity index (χ2n) is 7.73. The molecule has 2 amide bonds. The molecule has 2 aliphatic rings. The number of aromatic nitrogens is 2. The van der Waals surface area contributed by atoms with E-state index in [1.165, 1.54) is 0 Å². The Balaban J connectivity index is 1.49. The highest BCUT2D eigenvalue weighted by molar-refractivity contribution is 5.96.